The van der Waals surface area contributed by atoms with Crippen molar-refractivity contribution in [1.82, 2.24) is 4.90 Å². The van der Waals surface area contributed by atoms with Crippen LogP contribution < -0.4 is 0 Å². The minimum absolute atomic E-state index is 0.0110. The lowest BCUT2D eigenvalue weighted by Crippen LogP contribution is -2.69. The summed E-state index contributed by atoms with van der Waals surface area (Å²) < 4.78 is 41.0. The first-order valence-corrected chi connectivity index (χ1v) is 29.0. The van der Waals surface area contributed by atoms with Crippen LogP contribution in [0.1, 0.15) is 139 Å². The van der Waals surface area contributed by atoms with Crippen molar-refractivity contribution < 1.29 is 82.0 Å². The summed E-state index contributed by atoms with van der Waals surface area (Å²) in [5, 5.41) is 34.7. The van der Waals surface area contributed by atoms with Crippen molar-refractivity contribution in [2.45, 2.75) is 205 Å². The van der Waals surface area contributed by atoms with Gasteiger partial charge in [0.05, 0.1) is 49.5 Å². The third-order valence-electron chi connectivity index (χ3n) is 18.1. The van der Waals surface area contributed by atoms with Gasteiger partial charge in [-0.1, -0.05) is 58.9 Å². The molecule has 450 valence electrons. The summed E-state index contributed by atoms with van der Waals surface area (Å²) in [6.07, 6.45) is 2.84. The molecule has 4 heterocycles. The van der Waals surface area contributed by atoms with Crippen LogP contribution >= 0.6 is 0 Å². The van der Waals surface area contributed by atoms with E-state index >= 15 is 0 Å². The van der Waals surface area contributed by atoms with Crippen LogP contribution in [0.5, 0.6) is 0 Å². The van der Waals surface area contributed by atoms with E-state index < -0.39 is 142 Å². The van der Waals surface area contributed by atoms with Gasteiger partial charge in [-0.2, -0.15) is 0 Å². The van der Waals surface area contributed by atoms with Crippen LogP contribution in [-0.4, -0.2) is 168 Å². The van der Waals surface area contributed by atoms with E-state index in [1.54, 1.807) is 59.8 Å². The second-order valence-corrected chi connectivity index (χ2v) is 23.5. The largest absolute Gasteiger partial charge is 0.460 e. The fraction of sp³-hybridized carbons (Fsp3) is 0.754. The van der Waals surface area contributed by atoms with Crippen molar-refractivity contribution in [1.29, 1.82) is 0 Å². The van der Waals surface area contributed by atoms with Crippen molar-refractivity contribution in [3.63, 3.8) is 0 Å². The monoisotopic (exact) mass is 1140 g/mol. The molecule has 2 saturated heterocycles. The second-order valence-electron chi connectivity index (χ2n) is 23.5. The number of aliphatic hydroxyl groups is 3. The lowest BCUT2D eigenvalue weighted by molar-refractivity contribution is -0.265. The predicted molar refractivity (Wildman–Crippen MR) is 295 cm³/mol. The number of methoxy groups -OCH3 is 3. The first-order valence-electron chi connectivity index (χ1n) is 29.0. The van der Waals surface area contributed by atoms with Gasteiger partial charge in [0.25, 0.3) is 11.7 Å². The number of Topliss-reactive ketones (excluding diaryl/α,β-unsaturated/α-hetero) is 3. The Kier molecular flexibility index (Phi) is 23.7. The maximum Gasteiger partial charge on any atom is 0.422 e. The average molecular weight is 1140 g/mol. The predicted octanol–water partition coefficient (Wildman–Crippen LogP) is 6.31. The average Bonchev–Trinajstić information content (AvgIpc) is 3.34. The highest BCUT2D eigenvalue weighted by molar-refractivity contribution is 6.39. The van der Waals surface area contributed by atoms with Gasteiger partial charge >= 0.3 is 29.0 Å². The molecule has 0 aromatic rings. The van der Waals surface area contributed by atoms with Crippen LogP contribution in [0.2, 0.25) is 0 Å². The molecule has 6 rings (SSSR count). The minimum atomic E-state index is -2.64. The molecule has 20 heteroatoms. The Labute approximate surface area is 478 Å². The van der Waals surface area contributed by atoms with Crippen LogP contribution in [0.25, 0.3) is 9.69 Å². The van der Waals surface area contributed by atoms with Gasteiger partial charge in [0.15, 0.2) is 5.78 Å². The molecule has 0 spiro atoms. The van der Waals surface area contributed by atoms with E-state index in [0.717, 1.165) is 4.90 Å². The number of ketones is 3. The Morgan fingerprint density at radius 3 is 2.07 bits per heavy atom. The number of fused-ring (bicyclic) bond motifs is 16. The summed E-state index contributed by atoms with van der Waals surface area (Å²) in [6, 6.07) is -1.25. The molecule has 19 atom stereocenters. The molecule has 19 unspecified atom stereocenters. The van der Waals surface area contributed by atoms with E-state index in [1.807, 2.05) is 6.92 Å². The number of carbonyl (C=O) groups excluding carboxylic acids is 7. The fourth-order valence-corrected chi connectivity index (χ4v) is 13.2. The fourth-order valence-electron chi connectivity index (χ4n) is 13.2. The van der Waals surface area contributed by atoms with Crippen LogP contribution in [0.15, 0.2) is 35.5 Å². The number of allylic oxidation sites excluding steroid dienone is 1. The van der Waals surface area contributed by atoms with E-state index in [4.69, 9.17) is 46.3 Å². The number of ether oxygens (including phenoxy) is 7. The highest BCUT2D eigenvalue weighted by Crippen LogP contribution is 2.53. The molecular weight excluding hydrogens is 1050 g/mol. The molecule has 3 fully saturated rings. The van der Waals surface area contributed by atoms with E-state index in [9.17, 15) is 48.9 Å². The normalized spacial score (nSPS) is 39.8. The minimum Gasteiger partial charge on any atom is -0.460 e. The van der Waals surface area contributed by atoms with E-state index in [0.29, 0.717) is 50.5 Å². The number of amides is 1. The number of aliphatic hydroxyl groups excluding tert-OH is 2. The van der Waals surface area contributed by atoms with Crippen molar-refractivity contribution in [3.05, 3.63) is 58.3 Å². The van der Waals surface area contributed by atoms with Gasteiger partial charge in [-0.3, -0.25) is 28.9 Å². The topological polar surface area (TPSA) is 257 Å². The van der Waals surface area contributed by atoms with Gasteiger partial charge in [-0.15, -0.1) is 0 Å². The molecule has 2 aliphatic carbocycles. The molecule has 4 bridgehead atoms. The summed E-state index contributed by atoms with van der Waals surface area (Å²) in [5.41, 5.74) is -4.54. The molecule has 3 N–H and O–H groups in total. The number of piperidine rings is 1. The summed E-state index contributed by atoms with van der Waals surface area (Å²) in [4.78, 5) is 111. The quantitative estimate of drug-likeness (QED) is 0.0712. The summed E-state index contributed by atoms with van der Waals surface area (Å²) in [6.45, 7) is 31.8. The summed E-state index contributed by atoms with van der Waals surface area (Å²) in [5.74, 6) is -15.5. The zero-order chi connectivity index (χ0) is 60.3. The number of hydrogen-bond donors (Lipinski definition) is 3. The van der Waals surface area contributed by atoms with Crippen LogP contribution in [-0.2, 0) is 66.7 Å². The molecule has 6 aliphatic rings. The molecule has 1 amide bonds. The lowest BCUT2D eigenvalue weighted by atomic mass is 9.56. The highest BCUT2D eigenvalue weighted by Gasteiger charge is 2.83. The molecule has 0 aromatic carbocycles. The van der Waals surface area contributed by atoms with Crippen molar-refractivity contribution in [3.8, 4) is 0 Å². The first kappa shape index (κ1) is 66.6. The molecule has 0 radical (unpaired) electrons. The van der Waals surface area contributed by atoms with Crippen molar-refractivity contribution in [2.75, 3.05) is 41.1 Å². The number of rotatable bonds is 10. The molecule has 0 aromatic heterocycles. The van der Waals surface area contributed by atoms with E-state index in [-0.39, 0.29) is 69.1 Å². The van der Waals surface area contributed by atoms with Crippen LogP contribution in [0, 0.1) is 60.5 Å². The van der Waals surface area contributed by atoms with Gasteiger partial charge in [0, 0.05) is 58.5 Å². The molecule has 20 nitrogen and oxygen atoms in total. The number of hydrogen-bond acceptors (Lipinski definition) is 17. The van der Waals surface area contributed by atoms with Crippen molar-refractivity contribution >= 4 is 41.2 Å². The third-order valence-corrected chi connectivity index (χ3v) is 18.1. The molecule has 81 heavy (non-hydrogen) atoms. The van der Waals surface area contributed by atoms with Crippen LogP contribution in [0.3, 0.4) is 0 Å². The Hall–Kier alpha value is -5.19. The maximum atomic E-state index is 14.7. The van der Waals surface area contributed by atoms with Gasteiger partial charge < -0.3 is 53.4 Å². The Morgan fingerprint density at radius 1 is 0.815 bits per heavy atom. The SMILES string of the molecule is [C-]#[N+]C1(C(=O)OCC)C2C=CC(C(C)CC(C)C(=O)C(OC)C(O)/C(C)=C/C(C)C(=O)CC(C(C)CC3CCC(O)C(OC)C3)OC(=O)C3CCCCN3C(=O)C(=O)C3(O)OC(CCC3C)CC(OC)/C(C)=C/2)C1([N+]#[C-])C(=O)OCC. The lowest BCUT2D eigenvalue weighted by Gasteiger charge is -2.43. The second kappa shape index (κ2) is 28.9. The van der Waals surface area contributed by atoms with Crippen LogP contribution in [0.4, 0.5) is 0 Å². The summed E-state index contributed by atoms with van der Waals surface area (Å²) >= 11 is 0. The zero-order valence-electron chi connectivity index (χ0n) is 49.6. The number of nitrogens with zero attached hydrogens (tertiary/aromatic N) is 3. The van der Waals surface area contributed by atoms with E-state index in [2.05, 4.69) is 9.69 Å². The van der Waals surface area contributed by atoms with Gasteiger partial charge in [0.2, 0.25) is 5.79 Å². The van der Waals surface area contributed by atoms with Crippen molar-refractivity contribution in [2.24, 2.45) is 47.3 Å². The Morgan fingerprint density at radius 2 is 1.47 bits per heavy atom. The summed E-state index contributed by atoms with van der Waals surface area (Å²) in [7, 11) is 4.21. The highest BCUT2D eigenvalue weighted by atomic mass is 16.6. The number of carbonyl (C=O) groups is 7. The molecule has 4 aliphatic heterocycles. The first-order chi connectivity index (χ1) is 38.3. The molecular formula is C61H89N3O17. The van der Waals surface area contributed by atoms with Gasteiger partial charge in [-0.05, 0) is 121 Å². The van der Waals surface area contributed by atoms with E-state index in [1.165, 1.54) is 41.3 Å². The maximum absolute atomic E-state index is 14.7. The Bertz CT molecular complexity index is 2460. The zero-order valence-corrected chi connectivity index (χ0v) is 49.6. The van der Waals surface area contributed by atoms with Gasteiger partial charge in [-0.25, -0.2) is 27.5 Å². The Balaban J connectivity index is 1.65. The third kappa shape index (κ3) is 13.9. The number of esters is 3. The van der Waals surface area contributed by atoms with Gasteiger partial charge in [0.1, 0.15) is 30.1 Å². The smallest absolute Gasteiger partial charge is 0.422 e. The molecule has 1 saturated carbocycles. The standard InChI is InChI=1S/C61H89N3O17/c1-15-78-57(72)59(62-10)42-22-24-44(60(59,63-11)58(73)79-16-2)34(3)27-38(7)51(67)53(77-14)52(68)39(8)28-35(4)47(66)33-49(36(5)29-41-21-25-46(65)50(31-41)76-13)80-56(71)45-19-17-18-26-64(45)55(70)54(69)61(74)40(9)20-23-43(81-61)32-48(75-12)37(6)30-42/h22,24,28,30,34-36,38,40-46,48-50,52-53,65,68,74H,15-21,23,25-27,29,31-33H2,1-9,12-14H3/b37-30+,39-28+.